The van der Waals surface area contributed by atoms with Crippen molar-refractivity contribution in [3.05, 3.63) is 29.6 Å². The van der Waals surface area contributed by atoms with E-state index in [0.717, 1.165) is 11.4 Å². The molecule has 0 radical (unpaired) electrons. The first-order valence-corrected chi connectivity index (χ1v) is 5.62. The summed E-state index contributed by atoms with van der Waals surface area (Å²) in [7, 11) is 0. The molecule has 0 aliphatic carbocycles. The monoisotopic (exact) mass is 243 g/mol. The molecule has 3 rings (SSSR count). The quantitative estimate of drug-likeness (QED) is 0.697. The Morgan fingerprint density at radius 3 is 2.83 bits per heavy atom. The zero-order valence-electron chi connectivity index (χ0n) is 10.1. The van der Waals surface area contributed by atoms with Gasteiger partial charge in [-0.2, -0.15) is 0 Å². The molecule has 0 unspecified atom stereocenters. The summed E-state index contributed by atoms with van der Waals surface area (Å²) in [5, 5.41) is 2.90. The van der Waals surface area contributed by atoms with Gasteiger partial charge in [-0.25, -0.2) is 9.97 Å². The lowest BCUT2D eigenvalue weighted by Crippen LogP contribution is -2.33. The number of hydrogen-bond donors (Lipinski definition) is 3. The van der Waals surface area contributed by atoms with Crippen molar-refractivity contribution in [3.63, 3.8) is 0 Å². The Morgan fingerprint density at radius 2 is 2.17 bits per heavy atom. The highest BCUT2D eigenvalue weighted by molar-refractivity contribution is 6.00. The third-order valence-electron chi connectivity index (χ3n) is 3.06. The number of carbonyl (C=O) groups excluding carboxylic acids is 1. The summed E-state index contributed by atoms with van der Waals surface area (Å²) in [6, 6.07) is 3.55. The van der Waals surface area contributed by atoms with E-state index in [-0.39, 0.29) is 17.4 Å². The number of nitrogens with zero attached hydrogens (tertiary/aromatic N) is 2. The van der Waals surface area contributed by atoms with Crippen molar-refractivity contribution < 1.29 is 4.79 Å². The predicted molar refractivity (Wildman–Crippen MR) is 66.7 cm³/mol. The molecule has 4 N–H and O–H groups in total. The van der Waals surface area contributed by atoms with Gasteiger partial charge in [0.25, 0.3) is 5.91 Å². The number of nitrogens with one attached hydrogen (secondary N) is 2. The number of rotatable bonds is 1. The maximum absolute atomic E-state index is 11.8. The lowest BCUT2D eigenvalue weighted by molar-refractivity contribution is 0.0939. The van der Waals surface area contributed by atoms with Gasteiger partial charge >= 0.3 is 0 Å². The average molecular weight is 243 g/mol. The number of nitrogen functional groups attached to an aromatic ring is 1. The van der Waals surface area contributed by atoms with Crippen LogP contribution in [0.1, 0.15) is 29.9 Å². The van der Waals surface area contributed by atoms with E-state index >= 15 is 0 Å². The number of nitrogens with two attached hydrogens (primary N) is 1. The maximum atomic E-state index is 11.8. The lowest BCUT2D eigenvalue weighted by atomic mass is 10.0. The molecule has 6 heteroatoms. The Balaban J connectivity index is 2.13. The maximum Gasteiger partial charge on any atom is 0.253 e. The fraction of sp³-hybridized carbons (Fsp3) is 0.250. The lowest BCUT2D eigenvalue weighted by Gasteiger charge is -2.18. The summed E-state index contributed by atoms with van der Waals surface area (Å²) in [4.78, 5) is 23.0. The molecule has 6 nitrogen and oxygen atoms in total. The average Bonchev–Trinajstić information content (AvgIpc) is 2.80. The number of hydrogen-bond acceptors (Lipinski definition) is 4. The molecule has 0 saturated heterocycles. The number of aromatic amines is 1. The molecular weight excluding hydrogens is 230 g/mol. The first-order chi connectivity index (χ1) is 8.47. The minimum absolute atomic E-state index is 0.0699. The van der Waals surface area contributed by atoms with E-state index in [1.807, 2.05) is 13.8 Å². The molecule has 1 aliphatic rings. The molecule has 1 amide bonds. The summed E-state index contributed by atoms with van der Waals surface area (Å²) < 4.78 is 0. The van der Waals surface area contributed by atoms with E-state index < -0.39 is 0 Å². The molecule has 0 saturated carbocycles. The van der Waals surface area contributed by atoms with Gasteiger partial charge in [0.05, 0.1) is 28.2 Å². The van der Waals surface area contributed by atoms with Crippen LogP contribution in [-0.4, -0.2) is 20.9 Å². The van der Waals surface area contributed by atoms with E-state index in [2.05, 4.69) is 20.3 Å². The highest BCUT2D eigenvalue weighted by Crippen LogP contribution is 2.32. The van der Waals surface area contributed by atoms with Crippen LogP contribution < -0.4 is 11.1 Å². The third-order valence-corrected chi connectivity index (χ3v) is 3.06. The van der Waals surface area contributed by atoms with Gasteiger partial charge in [0, 0.05) is 6.20 Å². The second kappa shape index (κ2) is 3.32. The Hall–Kier alpha value is -2.37. The van der Waals surface area contributed by atoms with Crippen LogP contribution in [0.25, 0.3) is 11.4 Å². The van der Waals surface area contributed by atoms with E-state index in [1.54, 1.807) is 18.3 Å². The van der Waals surface area contributed by atoms with E-state index in [0.29, 0.717) is 11.3 Å². The molecule has 0 bridgehead atoms. The molecule has 0 aromatic carbocycles. The topological polar surface area (TPSA) is 96.7 Å². The molecule has 0 spiro atoms. The molecule has 1 aliphatic heterocycles. The molecular formula is C12H13N5O. The van der Waals surface area contributed by atoms with Crippen molar-refractivity contribution in [2.24, 2.45) is 0 Å². The summed E-state index contributed by atoms with van der Waals surface area (Å²) >= 11 is 0. The minimum atomic E-state index is -0.386. The second-order valence-corrected chi connectivity index (χ2v) is 4.85. The first-order valence-electron chi connectivity index (χ1n) is 5.62. The number of anilines is 1. The van der Waals surface area contributed by atoms with E-state index in [1.165, 1.54) is 0 Å². The molecule has 0 atom stereocenters. The van der Waals surface area contributed by atoms with E-state index in [9.17, 15) is 4.79 Å². The standard InChI is InChI=1S/C12H13N5O/c1-12(2)9-6(10(18)17-12)5-8(15-9)7-3-4-14-11(13)16-7/h3-5,15H,1-2H3,(H,17,18)(H2,13,14,16). The summed E-state index contributed by atoms with van der Waals surface area (Å²) in [5.74, 6) is 0.144. The summed E-state index contributed by atoms with van der Waals surface area (Å²) in [5.41, 5.74) is 8.16. The van der Waals surface area contributed by atoms with Crippen LogP contribution >= 0.6 is 0 Å². The van der Waals surface area contributed by atoms with Crippen LogP contribution in [0.4, 0.5) is 5.95 Å². The van der Waals surface area contributed by atoms with Crippen LogP contribution in [0.5, 0.6) is 0 Å². The first kappa shape index (κ1) is 10.8. The number of fused-ring (bicyclic) bond motifs is 1. The highest BCUT2D eigenvalue weighted by Gasteiger charge is 2.37. The Bertz CT molecular complexity index is 644. The van der Waals surface area contributed by atoms with Crippen molar-refractivity contribution in [1.82, 2.24) is 20.3 Å². The van der Waals surface area contributed by atoms with Crippen molar-refractivity contribution in [2.45, 2.75) is 19.4 Å². The largest absolute Gasteiger partial charge is 0.368 e. The highest BCUT2D eigenvalue weighted by atomic mass is 16.2. The van der Waals surface area contributed by atoms with Gasteiger partial charge in [-0.3, -0.25) is 4.79 Å². The van der Waals surface area contributed by atoms with Crippen molar-refractivity contribution in [1.29, 1.82) is 0 Å². The van der Waals surface area contributed by atoms with Crippen molar-refractivity contribution >= 4 is 11.9 Å². The zero-order valence-corrected chi connectivity index (χ0v) is 10.1. The Morgan fingerprint density at radius 1 is 1.39 bits per heavy atom. The van der Waals surface area contributed by atoms with E-state index in [4.69, 9.17) is 5.73 Å². The molecule has 92 valence electrons. The van der Waals surface area contributed by atoms with Crippen LogP contribution in [0, 0.1) is 0 Å². The second-order valence-electron chi connectivity index (χ2n) is 4.85. The molecule has 3 heterocycles. The smallest absolute Gasteiger partial charge is 0.253 e. The number of aromatic nitrogens is 3. The van der Waals surface area contributed by atoms with Gasteiger partial charge in [-0.05, 0) is 26.0 Å². The normalized spacial score (nSPS) is 16.4. The molecule has 0 fully saturated rings. The van der Waals surface area contributed by atoms with Crippen molar-refractivity contribution in [2.75, 3.05) is 5.73 Å². The van der Waals surface area contributed by atoms with Gasteiger partial charge in [0.2, 0.25) is 5.95 Å². The predicted octanol–water partition coefficient (Wildman–Crippen LogP) is 1.03. The van der Waals surface area contributed by atoms with Crippen LogP contribution in [0.15, 0.2) is 18.3 Å². The van der Waals surface area contributed by atoms with Gasteiger partial charge in [0.15, 0.2) is 0 Å². The van der Waals surface area contributed by atoms with Crippen molar-refractivity contribution in [3.8, 4) is 11.4 Å². The number of H-pyrrole nitrogens is 1. The fourth-order valence-corrected chi connectivity index (χ4v) is 2.20. The van der Waals surface area contributed by atoms with Crippen LogP contribution in [0.3, 0.4) is 0 Å². The minimum Gasteiger partial charge on any atom is -0.368 e. The molecule has 2 aromatic rings. The molecule has 18 heavy (non-hydrogen) atoms. The third kappa shape index (κ3) is 1.46. The van der Waals surface area contributed by atoms with Crippen LogP contribution in [-0.2, 0) is 5.54 Å². The zero-order chi connectivity index (χ0) is 12.9. The number of amides is 1. The summed E-state index contributed by atoms with van der Waals surface area (Å²) in [6.07, 6.45) is 1.59. The number of carbonyl (C=O) groups is 1. The fourth-order valence-electron chi connectivity index (χ4n) is 2.20. The van der Waals surface area contributed by atoms with Gasteiger partial charge < -0.3 is 16.0 Å². The molecule has 2 aromatic heterocycles. The van der Waals surface area contributed by atoms with Crippen LogP contribution in [0.2, 0.25) is 0 Å². The Kier molecular flexibility index (Phi) is 1.98. The van der Waals surface area contributed by atoms with Gasteiger partial charge in [-0.15, -0.1) is 0 Å². The summed E-state index contributed by atoms with van der Waals surface area (Å²) in [6.45, 7) is 3.90. The van der Waals surface area contributed by atoms with Gasteiger partial charge in [-0.1, -0.05) is 0 Å². The SMILES string of the molecule is CC1(C)NC(=O)c2cc(-c3ccnc(N)n3)[nH]c21. The van der Waals surface area contributed by atoms with Gasteiger partial charge in [0.1, 0.15) is 0 Å². The Labute approximate surface area is 104 Å².